The summed E-state index contributed by atoms with van der Waals surface area (Å²) in [5.41, 5.74) is 1.18. The molecule has 2 aliphatic heterocycles. The Hall–Kier alpha value is -8.70. The Bertz CT molecular complexity index is 4150. The fourth-order valence-electron chi connectivity index (χ4n) is 10.5. The van der Waals surface area contributed by atoms with Crippen LogP contribution in [-0.4, -0.2) is 172 Å². The quantitative estimate of drug-likeness (QED) is 0.0453. The van der Waals surface area contributed by atoms with Gasteiger partial charge in [0, 0.05) is 112 Å². The average molecular weight is 1360 g/mol. The number of carbonyl (C=O) groups is 6. The van der Waals surface area contributed by atoms with Crippen LogP contribution in [0.3, 0.4) is 0 Å². The maximum atomic E-state index is 15.0. The lowest BCUT2D eigenvalue weighted by Gasteiger charge is -2.35. The lowest BCUT2D eigenvalue weighted by Crippen LogP contribution is -2.51. The number of carboxylic acids is 1. The van der Waals surface area contributed by atoms with Crippen molar-refractivity contribution in [1.29, 1.82) is 0 Å². The number of piperazine rings is 2. The van der Waals surface area contributed by atoms with Crippen LogP contribution in [0.5, 0.6) is 0 Å². The molecular formula is C66H67F2N11O11S4. The largest absolute Gasteiger partial charge is 0.480 e. The van der Waals surface area contributed by atoms with Crippen molar-refractivity contribution in [3.63, 3.8) is 0 Å². The van der Waals surface area contributed by atoms with Gasteiger partial charge < -0.3 is 39.9 Å². The fraction of sp³-hybridized carbons (Fsp3) is 0.333. The lowest BCUT2D eigenvalue weighted by atomic mass is 10.0. The molecule has 94 heavy (non-hydrogen) atoms. The number of amides is 5. The number of ether oxygens (including phenoxy) is 1. The van der Waals surface area contributed by atoms with Crippen LogP contribution in [0.4, 0.5) is 13.6 Å². The molecular weight excluding hydrogens is 1290 g/mol. The maximum Gasteiger partial charge on any atom is 0.408 e. The highest BCUT2D eigenvalue weighted by Gasteiger charge is 2.37. The van der Waals surface area contributed by atoms with Crippen molar-refractivity contribution >= 4 is 100 Å². The van der Waals surface area contributed by atoms with Crippen LogP contribution in [-0.2, 0) is 45.2 Å². The lowest BCUT2D eigenvalue weighted by molar-refractivity contribution is -0.138. The molecule has 0 spiro atoms. The second-order valence-electron chi connectivity index (χ2n) is 22.3. The van der Waals surface area contributed by atoms with E-state index in [1.54, 1.807) is 114 Å². The van der Waals surface area contributed by atoms with Crippen molar-refractivity contribution in [2.24, 2.45) is 11.8 Å². The number of nitrogens with zero attached hydrogens (tertiary/aromatic N) is 10. The molecule has 22 nitrogen and oxygen atoms in total. The summed E-state index contributed by atoms with van der Waals surface area (Å²) < 4.78 is 37.0. The number of hydrogen-bond acceptors (Lipinski definition) is 18. The molecule has 28 heteroatoms. The number of aliphatic carboxylic acids is 1. The van der Waals surface area contributed by atoms with Crippen molar-refractivity contribution in [2.45, 2.75) is 61.8 Å². The first kappa shape index (κ1) is 68.2. The van der Waals surface area contributed by atoms with E-state index < -0.39 is 47.6 Å². The molecule has 4 aliphatic rings. The molecule has 6 heterocycles. The minimum absolute atomic E-state index is 0.0527. The normalized spacial score (nSPS) is 14.5. The van der Waals surface area contributed by atoms with Crippen molar-refractivity contribution in [2.75, 3.05) is 77.1 Å². The SMILES string of the molecule is O=C(NCn1nc(Cc2ccc(F)c(C(=O)N3CCN(C(=O)C4CC4)CC3)c2)c2ccccc2c1=O)OCCSSc1ccccn1.O=C(O)Cn1nc(Cc2ccc(F)c(C(=O)N3CCN(C(=O)C4CC4)CC3)c2)c2ccccc2c1=O.OCCSSc1ccccn1. The summed E-state index contributed by atoms with van der Waals surface area (Å²) in [6.07, 6.45) is 6.87. The summed E-state index contributed by atoms with van der Waals surface area (Å²) in [6, 6.07) is 33.8. The number of alkyl carbamates (subject to hydrolysis) is 1. The van der Waals surface area contributed by atoms with Crippen LogP contribution in [0.15, 0.2) is 153 Å². The number of aliphatic hydroxyl groups excluding tert-OH is 1. The first-order valence-electron chi connectivity index (χ1n) is 30.5. The van der Waals surface area contributed by atoms with Gasteiger partial charge in [0.15, 0.2) is 0 Å². The second-order valence-corrected chi connectivity index (χ2v) is 27.1. The smallest absolute Gasteiger partial charge is 0.408 e. The topological polar surface area (TPSA) is 273 Å². The number of fused-ring (bicyclic) bond motifs is 2. The molecule has 490 valence electrons. The highest BCUT2D eigenvalue weighted by atomic mass is 33.1. The van der Waals surface area contributed by atoms with Crippen LogP contribution in [0, 0.1) is 23.5 Å². The molecule has 12 rings (SSSR count). The fourth-order valence-corrected chi connectivity index (χ4v) is 13.8. The van der Waals surface area contributed by atoms with E-state index in [-0.39, 0.29) is 73.1 Å². The number of carboxylic acid groups (broad SMARTS) is 1. The number of aliphatic hydroxyl groups is 1. The minimum Gasteiger partial charge on any atom is -0.480 e. The summed E-state index contributed by atoms with van der Waals surface area (Å²) in [4.78, 5) is 116. The Kier molecular flexibility index (Phi) is 23.9. The Morgan fingerprint density at radius 1 is 0.543 bits per heavy atom. The van der Waals surface area contributed by atoms with Gasteiger partial charge in [0.2, 0.25) is 11.8 Å². The summed E-state index contributed by atoms with van der Waals surface area (Å²) in [5.74, 6) is -1.52. The van der Waals surface area contributed by atoms with Gasteiger partial charge in [-0.05, 0) is 119 Å². The molecule has 4 aromatic carbocycles. The molecule has 4 aromatic heterocycles. The Balaban J connectivity index is 0.000000181. The van der Waals surface area contributed by atoms with Crippen molar-refractivity contribution in [3.05, 3.63) is 200 Å². The molecule has 2 aliphatic carbocycles. The molecule has 5 amide bonds. The predicted octanol–water partition coefficient (Wildman–Crippen LogP) is 8.06. The molecule has 0 radical (unpaired) electrons. The van der Waals surface area contributed by atoms with Gasteiger partial charge >= 0.3 is 12.1 Å². The summed E-state index contributed by atoms with van der Waals surface area (Å²) in [6.45, 7) is 2.70. The molecule has 2 saturated carbocycles. The maximum absolute atomic E-state index is 15.0. The van der Waals surface area contributed by atoms with Gasteiger partial charge in [-0.3, -0.25) is 33.6 Å². The number of benzene rings is 4. The Morgan fingerprint density at radius 3 is 1.40 bits per heavy atom. The summed E-state index contributed by atoms with van der Waals surface area (Å²) in [5, 5.41) is 32.8. The standard InChI is InChI=1S/C33H33FN6O5S2.C26H25FN4O5.C7H9NOS2/c34-27-11-8-22(19-26(27)31(42)39-15-13-38(14-16-39)30(41)23-9-10-23)20-28-24-5-1-2-6-25(24)32(43)40(37-28)21-36-33(44)45-17-18-46-47-29-7-3-4-12-35-29;27-21-8-5-16(13-20(21)25(35)30-11-9-29(10-12-30)24(34)17-6-7-17)14-22-18-3-1-2-4-19(18)26(36)31(28-22)15-23(32)33;9-5-6-10-11-7-3-1-2-4-8-7/h1-8,11-12,19,23H,9-10,13-18,20-21H2,(H,36,44);1-5,8,13,17H,6-7,9-12,14-15H2,(H,32,33);1-4,9H,5-6H2. The highest BCUT2D eigenvalue weighted by Crippen LogP contribution is 2.33. The number of hydrogen-bond donors (Lipinski definition) is 3. The van der Waals surface area contributed by atoms with Gasteiger partial charge in [-0.2, -0.15) is 10.2 Å². The summed E-state index contributed by atoms with van der Waals surface area (Å²) in [7, 11) is 6.19. The molecule has 8 aromatic rings. The third-order valence-electron chi connectivity index (χ3n) is 15.6. The highest BCUT2D eigenvalue weighted by molar-refractivity contribution is 8.77. The molecule has 0 unspecified atom stereocenters. The predicted molar refractivity (Wildman–Crippen MR) is 355 cm³/mol. The van der Waals surface area contributed by atoms with E-state index in [9.17, 15) is 47.1 Å². The van der Waals surface area contributed by atoms with Crippen LogP contribution in [0.2, 0.25) is 0 Å². The first-order chi connectivity index (χ1) is 45.6. The van der Waals surface area contributed by atoms with Crippen molar-refractivity contribution in [1.82, 2.24) is 54.4 Å². The zero-order chi connectivity index (χ0) is 66.1. The number of halogens is 2. The average Bonchev–Trinajstić information content (AvgIpc) is 1.22. The number of carbonyl (C=O) groups excluding carboxylic acids is 5. The van der Waals surface area contributed by atoms with Crippen LogP contribution in [0.25, 0.3) is 21.5 Å². The number of pyridine rings is 2. The first-order valence-corrected chi connectivity index (χ1v) is 35.1. The third kappa shape index (κ3) is 18.4. The van der Waals surface area contributed by atoms with E-state index in [1.807, 2.05) is 36.4 Å². The molecule has 4 fully saturated rings. The Morgan fingerprint density at radius 2 is 0.968 bits per heavy atom. The Labute approximate surface area is 554 Å². The summed E-state index contributed by atoms with van der Waals surface area (Å²) >= 11 is 0. The second kappa shape index (κ2) is 32.9. The van der Waals surface area contributed by atoms with Crippen LogP contribution < -0.4 is 16.4 Å². The van der Waals surface area contributed by atoms with Crippen LogP contribution >= 0.6 is 43.2 Å². The number of nitrogens with one attached hydrogen (secondary N) is 1. The number of aromatic nitrogens is 6. The van der Waals surface area contributed by atoms with E-state index in [4.69, 9.17) is 14.9 Å². The molecule has 0 bridgehead atoms. The van der Waals surface area contributed by atoms with E-state index in [1.165, 1.54) is 45.9 Å². The monoisotopic (exact) mass is 1360 g/mol. The van der Waals surface area contributed by atoms with Gasteiger partial charge in [0.1, 0.15) is 41.5 Å². The zero-order valence-electron chi connectivity index (χ0n) is 50.9. The van der Waals surface area contributed by atoms with Gasteiger partial charge in [-0.15, -0.1) is 0 Å². The minimum atomic E-state index is -1.19. The van der Waals surface area contributed by atoms with Gasteiger partial charge in [-0.25, -0.2) is 32.9 Å². The molecule has 0 atom stereocenters. The van der Waals surface area contributed by atoms with Crippen molar-refractivity contribution in [3.8, 4) is 0 Å². The molecule has 3 N–H and O–H groups in total. The van der Waals surface area contributed by atoms with E-state index in [0.29, 0.717) is 102 Å². The molecule has 2 saturated heterocycles. The van der Waals surface area contributed by atoms with E-state index in [2.05, 4.69) is 25.5 Å². The van der Waals surface area contributed by atoms with Crippen molar-refractivity contribution < 1.29 is 52.5 Å². The van der Waals surface area contributed by atoms with E-state index >= 15 is 0 Å². The number of rotatable bonds is 21. The van der Waals surface area contributed by atoms with Gasteiger partial charge in [0.25, 0.3) is 22.9 Å². The third-order valence-corrected chi connectivity index (χ3v) is 20.0. The van der Waals surface area contributed by atoms with Gasteiger partial charge in [-0.1, -0.05) is 82.3 Å². The van der Waals surface area contributed by atoms with Gasteiger partial charge in [0.05, 0.1) is 39.9 Å². The van der Waals surface area contributed by atoms with E-state index in [0.717, 1.165) is 50.9 Å². The van der Waals surface area contributed by atoms with Crippen LogP contribution in [0.1, 0.15) is 68.9 Å². The zero-order valence-corrected chi connectivity index (χ0v) is 54.2.